The van der Waals surface area contributed by atoms with E-state index in [1.54, 1.807) is 0 Å². The molecule has 0 aliphatic carbocycles. The zero-order valence-corrected chi connectivity index (χ0v) is 10.9. The predicted octanol–water partition coefficient (Wildman–Crippen LogP) is 2.72. The van der Waals surface area contributed by atoms with Crippen LogP contribution in [0.25, 0.3) is 0 Å². The highest BCUT2D eigenvalue weighted by Gasteiger charge is 2.05. The summed E-state index contributed by atoms with van der Waals surface area (Å²) in [6.45, 7) is 5.38. The second kappa shape index (κ2) is 6.31. The summed E-state index contributed by atoms with van der Waals surface area (Å²) in [4.78, 5) is 4.39. The van der Waals surface area contributed by atoms with Crippen LogP contribution in [-0.4, -0.2) is 15.2 Å². The first-order valence-electron chi connectivity index (χ1n) is 6.26. The first-order valence-corrected chi connectivity index (χ1v) is 6.26. The van der Waals surface area contributed by atoms with Crippen LogP contribution in [-0.2, 0) is 24.4 Å². The Morgan fingerprint density at radius 1 is 1.17 bits per heavy atom. The fraction of sp³-hybridized carbons (Fsp3) is 0.429. The van der Waals surface area contributed by atoms with Gasteiger partial charge in [-0.1, -0.05) is 44.2 Å². The Kier molecular flexibility index (Phi) is 4.47. The van der Waals surface area contributed by atoms with Crippen molar-refractivity contribution in [1.82, 2.24) is 15.2 Å². The van der Waals surface area contributed by atoms with Gasteiger partial charge in [-0.3, -0.25) is 5.10 Å². The quantitative estimate of drug-likeness (QED) is 0.851. The molecule has 0 spiro atoms. The highest BCUT2D eigenvalue weighted by molar-refractivity contribution is 5.13. The van der Waals surface area contributed by atoms with Crippen LogP contribution >= 0.6 is 0 Å². The minimum Gasteiger partial charge on any atom is -0.369 e. The molecule has 0 bridgehead atoms. The third kappa shape index (κ3) is 3.96. The lowest BCUT2D eigenvalue weighted by atomic mass is 10.1. The largest absolute Gasteiger partial charge is 0.369 e. The number of aromatic amines is 1. The van der Waals surface area contributed by atoms with E-state index in [1.165, 1.54) is 5.56 Å². The number of hydrogen-bond donors (Lipinski definition) is 1. The summed E-state index contributed by atoms with van der Waals surface area (Å²) < 4.78 is 5.59. The summed E-state index contributed by atoms with van der Waals surface area (Å²) in [5, 5.41) is 7.08. The van der Waals surface area contributed by atoms with E-state index in [0.717, 1.165) is 18.1 Å². The molecule has 1 aromatic carbocycles. The second-order valence-corrected chi connectivity index (χ2v) is 4.77. The van der Waals surface area contributed by atoms with Gasteiger partial charge in [0.15, 0.2) is 11.6 Å². The highest BCUT2D eigenvalue weighted by atomic mass is 16.5. The van der Waals surface area contributed by atoms with Crippen molar-refractivity contribution in [1.29, 1.82) is 0 Å². The Morgan fingerprint density at radius 3 is 2.67 bits per heavy atom. The van der Waals surface area contributed by atoms with Crippen LogP contribution in [0.15, 0.2) is 30.3 Å². The van der Waals surface area contributed by atoms with Gasteiger partial charge in [-0.15, -0.1) is 0 Å². The SMILES string of the molecule is CC(C)Cc1n[nH]c(COCc2ccccc2)n1. The predicted molar refractivity (Wildman–Crippen MR) is 69.9 cm³/mol. The van der Waals surface area contributed by atoms with Gasteiger partial charge in [0.05, 0.1) is 6.61 Å². The van der Waals surface area contributed by atoms with E-state index in [4.69, 9.17) is 4.74 Å². The van der Waals surface area contributed by atoms with E-state index in [0.29, 0.717) is 19.1 Å². The van der Waals surface area contributed by atoms with Gasteiger partial charge in [0.1, 0.15) is 6.61 Å². The molecule has 0 atom stereocenters. The van der Waals surface area contributed by atoms with Gasteiger partial charge < -0.3 is 4.74 Å². The molecular formula is C14H19N3O. The molecule has 0 aliphatic rings. The van der Waals surface area contributed by atoms with Gasteiger partial charge in [0.2, 0.25) is 0 Å². The van der Waals surface area contributed by atoms with Crippen molar-refractivity contribution in [2.45, 2.75) is 33.5 Å². The molecule has 0 aliphatic heterocycles. The second-order valence-electron chi connectivity index (χ2n) is 4.77. The van der Waals surface area contributed by atoms with Gasteiger partial charge in [0, 0.05) is 6.42 Å². The van der Waals surface area contributed by atoms with Crippen LogP contribution in [0.4, 0.5) is 0 Å². The van der Waals surface area contributed by atoms with E-state index in [-0.39, 0.29) is 0 Å². The van der Waals surface area contributed by atoms with Gasteiger partial charge in [-0.25, -0.2) is 4.98 Å². The number of H-pyrrole nitrogens is 1. The average molecular weight is 245 g/mol. The van der Waals surface area contributed by atoms with Crippen molar-refractivity contribution in [3.05, 3.63) is 47.5 Å². The molecule has 18 heavy (non-hydrogen) atoms. The third-order valence-corrected chi connectivity index (χ3v) is 2.52. The fourth-order valence-corrected chi connectivity index (χ4v) is 1.70. The Hall–Kier alpha value is -1.68. The van der Waals surface area contributed by atoms with Gasteiger partial charge in [-0.2, -0.15) is 5.10 Å². The lowest BCUT2D eigenvalue weighted by Gasteiger charge is -2.01. The number of hydrogen-bond acceptors (Lipinski definition) is 3. The van der Waals surface area contributed by atoms with E-state index in [2.05, 4.69) is 29.0 Å². The zero-order chi connectivity index (χ0) is 12.8. The lowest BCUT2D eigenvalue weighted by molar-refractivity contribution is 0.102. The van der Waals surface area contributed by atoms with Crippen molar-refractivity contribution in [2.75, 3.05) is 0 Å². The van der Waals surface area contributed by atoms with E-state index in [1.807, 2.05) is 30.3 Å². The van der Waals surface area contributed by atoms with Gasteiger partial charge in [0.25, 0.3) is 0 Å². The Balaban J connectivity index is 1.78. The molecule has 1 heterocycles. The van der Waals surface area contributed by atoms with Crippen molar-refractivity contribution in [3.63, 3.8) is 0 Å². The van der Waals surface area contributed by atoms with Crippen LogP contribution in [0.5, 0.6) is 0 Å². The number of aromatic nitrogens is 3. The molecule has 2 rings (SSSR count). The smallest absolute Gasteiger partial charge is 0.151 e. The summed E-state index contributed by atoms with van der Waals surface area (Å²) >= 11 is 0. The van der Waals surface area contributed by atoms with Crippen LogP contribution < -0.4 is 0 Å². The lowest BCUT2D eigenvalue weighted by Crippen LogP contribution is -1.98. The number of ether oxygens (including phenoxy) is 1. The van der Waals surface area contributed by atoms with Crippen molar-refractivity contribution >= 4 is 0 Å². The molecule has 96 valence electrons. The summed E-state index contributed by atoms with van der Waals surface area (Å²) in [5.41, 5.74) is 1.17. The van der Waals surface area contributed by atoms with E-state index < -0.39 is 0 Å². The molecular weight excluding hydrogens is 226 g/mol. The summed E-state index contributed by atoms with van der Waals surface area (Å²) in [7, 11) is 0. The molecule has 0 amide bonds. The molecule has 1 N–H and O–H groups in total. The van der Waals surface area contributed by atoms with Crippen molar-refractivity contribution < 1.29 is 4.74 Å². The molecule has 1 aromatic heterocycles. The maximum absolute atomic E-state index is 5.59. The fourth-order valence-electron chi connectivity index (χ4n) is 1.70. The number of nitrogens with one attached hydrogen (secondary N) is 1. The minimum atomic E-state index is 0.472. The van der Waals surface area contributed by atoms with Crippen LogP contribution in [0.1, 0.15) is 31.1 Å². The first kappa shape index (κ1) is 12.8. The molecule has 0 unspecified atom stereocenters. The maximum Gasteiger partial charge on any atom is 0.151 e. The normalized spacial score (nSPS) is 11.1. The number of rotatable bonds is 6. The van der Waals surface area contributed by atoms with Crippen LogP contribution in [0.3, 0.4) is 0 Å². The Labute approximate surface area is 107 Å². The van der Waals surface area contributed by atoms with Crippen molar-refractivity contribution in [2.24, 2.45) is 5.92 Å². The van der Waals surface area contributed by atoms with E-state index >= 15 is 0 Å². The minimum absolute atomic E-state index is 0.472. The molecule has 0 radical (unpaired) electrons. The molecule has 2 aromatic rings. The first-order chi connectivity index (χ1) is 8.74. The molecule has 4 nitrogen and oxygen atoms in total. The van der Waals surface area contributed by atoms with E-state index in [9.17, 15) is 0 Å². The molecule has 0 fully saturated rings. The van der Waals surface area contributed by atoms with Gasteiger partial charge in [-0.05, 0) is 11.5 Å². The topological polar surface area (TPSA) is 50.8 Å². The third-order valence-electron chi connectivity index (χ3n) is 2.52. The Bertz CT molecular complexity index is 465. The molecule has 4 heteroatoms. The standard InChI is InChI=1S/C14H19N3O/c1-11(2)8-13-15-14(17-16-13)10-18-9-12-6-4-3-5-7-12/h3-7,11H,8-10H2,1-2H3,(H,15,16,17). The summed E-state index contributed by atoms with van der Waals surface area (Å²) in [6, 6.07) is 10.1. The van der Waals surface area contributed by atoms with Gasteiger partial charge >= 0.3 is 0 Å². The average Bonchev–Trinajstić information content (AvgIpc) is 2.77. The number of nitrogens with zero attached hydrogens (tertiary/aromatic N) is 2. The monoisotopic (exact) mass is 245 g/mol. The van der Waals surface area contributed by atoms with Crippen molar-refractivity contribution in [3.8, 4) is 0 Å². The summed E-state index contributed by atoms with van der Waals surface area (Å²) in [6.07, 6.45) is 0.898. The Morgan fingerprint density at radius 2 is 1.94 bits per heavy atom. The highest BCUT2D eigenvalue weighted by Crippen LogP contribution is 2.05. The maximum atomic E-state index is 5.59. The molecule has 0 saturated carbocycles. The zero-order valence-electron chi connectivity index (χ0n) is 10.9. The van der Waals surface area contributed by atoms with Crippen LogP contribution in [0, 0.1) is 5.92 Å². The number of benzene rings is 1. The molecule has 0 saturated heterocycles. The summed E-state index contributed by atoms with van der Waals surface area (Å²) in [5.74, 6) is 2.23. The van der Waals surface area contributed by atoms with Crippen LogP contribution in [0.2, 0.25) is 0 Å².